The fraction of sp³-hybridized carbons (Fsp3) is 0.364. The van der Waals surface area contributed by atoms with Gasteiger partial charge >= 0.3 is 0 Å². The number of benzene rings is 1. The van der Waals surface area contributed by atoms with Crippen molar-refractivity contribution >= 4 is 0 Å². The Morgan fingerprint density at radius 3 is 2.86 bits per heavy atom. The highest BCUT2D eigenvalue weighted by Gasteiger charge is 2.29. The van der Waals surface area contributed by atoms with Gasteiger partial charge in [-0.05, 0) is 11.6 Å². The van der Waals surface area contributed by atoms with Crippen LogP contribution in [0, 0.1) is 23.1 Å². The molecule has 2 rings (SSSR count). The molecule has 1 saturated heterocycles. The van der Waals surface area contributed by atoms with Gasteiger partial charge in [0.1, 0.15) is 5.82 Å². The van der Waals surface area contributed by atoms with Crippen molar-refractivity contribution in [3.8, 4) is 6.07 Å². The lowest BCUT2D eigenvalue weighted by molar-refractivity contribution is 0.562. The number of nitrogens with zero attached hydrogens (tertiary/aromatic N) is 1. The Morgan fingerprint density at radius 2 is 2.14 bits per heavy atom. The second-order valence-corrected chi connectivity index (χ2v) is 3.52. The number of hydrogen-bond acceptors (Lipinski definition) is 2. The van der Waals surface area contributed by atoms with Crippen LogP contribution < -0.4 is 5.32 Å². The zero-order valence-corrected chi connectivity index (χ0v) is 7.70. The molecule has 0 radical (unpaired) electrons. The molecule has 2 nitrogen and oxygen atoms in total. The number of nitrogens with one attached hydrogen (secondary N) is 1. The highest BCUT2D eigenvalue weighted by atomic mass is 19.1. The summed E-state index contributed by atoms with van der Waals surface area (Å²) in [6.07, 6.45) is 0. The maximum Gasteiger partial charge on any atom is 0.126 e. The summed E-state index contributed by atoms with van der Waals surface area (Å²) in [6.45, 7) is 1.36. The van der Waals surface area contributed by atoms with E-state index < -0.39 is 0 Å². The average Bonchev–Trinajstić information content (AvgIpc) is 2.66. The normalized spacial score (nSPS) is 26.0. The molecular formula is C11H11FN2. The average molecular weight is 190 g/mol. The van der Waals surface area contributed by atoms with E-state index in [1.54, 1.807) is 12.1 Å². The zero-order chi connectivity index (χ0) is 9.97. The van der Waals surface area contributed by atoms with Crippen molar-refractivity contribution in [3.05, 3.63) is 35.6 Å². The third-order valence-corrected chi connectivity index (χ3v) is 2.68. The van der Waals surface area contributed by atoms with Crippen molar-refractivity contribution in [2.24, 2.45) is 5.92 Å². The lowest BCUT2D eigenvalue weighted by atomic mass is 9.90. The predicted molar refractivity (Wildman–Crippen MR) is 51.1 cm³/mol. The van der Waals surface area contributed by atoms with Gasteiger partial charge in [0.2, 0.25) is 0 Å². The van der Waals surface area contributed by atoms with Gasteiger partial charge in [-0.25, -0.2) is 4.39 Å². The molecule has 0 unspecified atom stereocenters. The number of hydrogen-bond donors (Lipinski definition) is 1. The Kier molecular flexibility index (Phi) is 2.47. The number of rotatable bonds is 1. The van der Waals surface area contributed by atoms with Gasteiger partial charge in [-0.1, -0.05) is 18.2 Å². The van der Waals surface area contributed by atoms with Crippen LogP contribution >= 0.6 is 0 Å². The first-order valence-corrected chi connectivity index (χ1v) is 4.67. The fourth-order valence-electron chi connectivity index (χ4n) is 1.92. The Morgan fingerprint density at radius 1 is 1.36 bits per heavy atom. The van der Waals surface area contributed by atoms with Crippen LogP contribution in [0.2, 0.25) is 0 Å². The Hall–Kier alpha value is -1.40. The van der Waals surface area contributed by atoms with Gasteiger partial charge in [0.25, 0.3) is 0 Å². The second kappa shape index (κ2) is 3.77. The van der Waals surface area contributed by atoms with Crippen LogP contribution in [-0.2, 0) is 0 Å². The van der Waals surface area contributed by atoms with E-state index in [9.17, 15) is 4.39 Å². The molecule has 1 aromatic rings. The second-order valence-electron chi connectivity index (χ2n) is 3.52. The molecule has 14 heavy (non-hydrogen) atoms. The van der Waals surface area contributed by atoms with E-state index in [-0.39, 0.29) is 17.7 Å². The van der Waals surface area contributed by atoms with Gasteiger partial charge in [0.15, 0.2) is 0 Å². The van der Waals surface area contributed by atoms with Crippen LogP contribution in [-0.4, -0.2) is 13.1 Å². The molecule has 0 amide bonds. The summed E-state index contributed by atoms with van der Waals surface area (Å²) < 4.78 is 13.4. The van der Waals surface area contributed by atoms with E-state index >= 15 is 0 Å². The Balaban J connectivity index is 2.31. The first-order valence-electron chi connectivity index (χ1n) is 4.67. The quantitative estimate of drug-likeness (QED) is 0.731. The highest BCUT2D eigenvalue weighted by molar-refractivity contribution is 5.26. The Labute approximate surface area is 82.4 Å². The van der Waals surface area contributed by atoms with Crippen LogP contribution in [0.5, 0.6) is 0 Å². The summed E-state index contributed by atoms with van der Waals surface area (Å²) >= 11 is 0. The van der Waals surface area contributed by atoms with Crippen LogP contribution in [0.1, 0.15) is 11.5 Å². The molecule has 1 fully saturated rings. The lowest BCUT2D eigenvalue weighted by Crippen LogP contribution is -2.10. The number of halogens is 1. The molecule has 1 aliphatic heterocycles. The van der Waals surface area contributed by atoms with Crippen LogP contribution in [0.3, 0.4) is 0 Å². The van der Waals surface area contributed by atoms with E-state index in [1.165, 1.54) is 6.07 Å². The van der Waals surface area contributed by atoms with E-state index in [2.05, 4.69) is 11.4 Å². The summed E-state index contributed by atoms with van der Waals surface area (Å²) in [7, 11) is 0. The predicted octanol–water partition coefficient (Wildman–Crippen LogP) is 1.65. The van der Waals surface area contributed by atoms with E-state index in [0.29, 0.717) is 18.7 Å². The third-order valence-electron chi connectivity index (χ3n) is 2.68. The first kappa shape index (κ1) is 9.17. The van der Waals surface area contributed by atoms with Crippen molar-refractivity contribution in [3.63, 3.8) is 0 Å². The largest absolute Gasteiger partial charge is 0.315 e. The van der Waals surface area contributed by atoms with Crippen LogP contribution in [0.4, 0.5) is 4.39 Å². The Bertz CT molecular complexity index is 370. The van der Waals surface area contributed by atoms with Gasteiger partial charge in [0, 0.05) is 19.0 Å². The monoisotopic (exact) mass is 190 g/mol. The summed E-state index contributed by atoms with van der Waals surface area (Å²) in [5, 5.41) is 12.0. The molecule has 72 valence electrons. The summed E-state index contributed by atoms with van der Waals surface area (Å²) in [5.41, 5.74) is 0.657. The van der Waals surface area contributed by atoms with Crippen molar-refractivity contribution < 1.29 is 4.39 Å². The van der Waals surface area contributed by atoms with E-state index in [4.69, 9.17) is 5.26 Å². The van der Waals surface area contributed by atoms with Crippen molar-refractivity contribution in [1.29, 1.82) is 5.26 Å². The zero-order valence-electron chi connectivity index (χ0n) is 7.70. The molecule has 0 saturated carbocycles. The van der Waals surface area contributed by atoms with Gasteiger partial charge in [-0.3, -0.25) is 0 Å². The van der Waals surface area contributed by atoms with Gasteiger partial charge in [-0.15, -0.1) is 0 Å². The van der Waals surface area contributed by atoms with Gasteiger partial charge in [-0.2, -0.15) is 5.26 Å². The van der Waals surface area contributed by atoms with Crippen LogP contribution in [0.25, 0.3) is 0 Å². The topological polar surface area (TPSA) is 35.8 Å². The molecule has 3 heteroatoms. The smallest absolute Gasteiger partial charge is 0.126 e. The molecule has 1 N–H and O–H groups in total. The fourth-order valence-corrected chi connectivity index (χ4v) is 1.92. The SMILES string of the molecule is N#C[C@@H]1CNC[C@@H]1c1ccccc1F. The van der Waals surface area contributed by atoms with Gasteiger partial charge in [0.05, 0.1) is 12.0 Å². The molecule has 2 atom stereocenters. The van der Waals surface area contributed by atoms with Crippen molar-refractivity contribution in [1.82, 2.24) is 5.32 Å². The molecule has 0 bridgehead atoms. The minimum Gasteiger partial charge on any atom is -0.315 e. The van der Waals surface area contributed by atoms with Crippen molar-refractivity contribution in [2.45, 2.75) is 5.92 Å². The summed E-state index contributed by atoms with van der Waals surface area (Å²) in [5.74, 6) is -0.311. The minimum absolute atomic E-state index is 0.00111. The third kappa shape index (κ3) is 1.49. The summed E-state index contributed by atoms with van der Waals surface area (Å²) in [6, 6.07) is 8.90. The maximum absolute atomic E-state index is 13.4. The number of nitriles is 1. The molecule has 0 spiro atoms. The molecule has 1 aliphatic rings. The van der Waals surface area contributed by atoms with E-state index in [1.807, 2.05) is 6.07 Å². The standard InChI is InChI=1S/C11H11FN2/c12-11-4-2-1-3-9(11)10-7-14-6-8(10)5-13/h1-4,8,10,14H,6-7H2/t8-,10+/m1/s1. The molecule has 0 aliphatic carbocycles. The minimum atomic E-state index is -0.207. The maximum atomic E-state index is 13.4. The highest BCUT2D eigenvalue weighted by Crippen LogP contribution is 2.29. The molecular weight excluding hydrogens is 179 g/mol. The lowest BCUT2D eigenvalue weighted by Gasteiger charge is -2.12. The van der Waals surface area contributed by atoms with Crippen LogP contribution in [0.15, 0.2) is 24.3 Å². The molecule has 1 heterocycles. The van der Waals surface area contributed by atoms with E-state index in [0.717, 1.165) is 0 Å². The summed E-state index contributed by atoms with van der Waals surface area (Å²) in [4.78, 5) is 0. The first-order chi connectivity index (χ1) is 6.83. The van der Waals surface area contributed by atoms with Crippen molar-refractivity contribution in [2.75, 3.05) is 13.1 Å². The molecule has 0 aromatic heterocycles. The van der Waals surface area contributed by atoms with Gasteiger partial charge < -0.3 is 5.32 Å². The molecule has 1 aromatic carbocycles.